The molecule has 0 fully saturated rings. The van der Waals surface area contributed by atoms with E-state index in [2.05, 4.69) is 31.0 Å². The minimum absolute atomic E-state index is 0.119. The summed E-state index contributed by atoms with van der Waals surface area (Å²) >= 11 is 3.73. The summed E-state index contributed by atoms with van der Waals surface area (Å²) in [6, 6.07) is 3.21. The van der Waals surface area contributed by atoms with Crippen LogP contribution in [0.5, 0.6) is 17.2 Å². The number of benzene rings is 1. The van der Waals surface area contributed by atoms with Crippen molar-refractivity contribution in [3.05, 3.63) is 22.7 Å². The van der Waals surface area contributed by atoms with Gasteiger partial charge in [0.1, 0.15) is 5.01 Å². The standard InChI is InChI=1S/C22H28N6O5S3/c1-6-31-14-9-13(10-15(32-7-2)17(14)33-8-3)18(30)24-21-27-28-22(36-21)34-11-16(29)23-20-26-25-19(35-20)12(4)5/h9-10,12H,6-8,11H2,1-5H3,(H,23,26,29)(H,24,27,30). The summed E-state index contributed by atoms with van der Waals surface area (Å²) in [5, 5.41) is 23.2. The van der Waals surface area contributed by atoms with Crippen LogP contribution in [0.15, 0.2) is 16.5 Å². The minimum Gasteiger partial charge on any atom is -0.490 e. The lowest BCUT2D eigenvalue weighted by Gasteiger charge is -2.16. The Hall–Kier alpha value is -2.97. The Morgan fingerprint density at radius 3 is 2.08 bits per heavy atom. The molecule has 36 heavy (non-hydrogen) atoms. The van der Waals surface area contributed by atoms with Crippen LogP contribution in [0, 0.1) is 0 Å². The summed E-state index contributed by atoms with van der Waals surface area (Å²) in [7, 11) is 0. The lowest BCUT2D eigenvalue weighted by Crippen LogP contribution is -2.13. The van der Waals surface area contributed by atoms with E-state index in [0.717, 1.165) is 5.01 Å². The second-order valence-electron chi connectivity index (χ2n) is 7.36. The molecule has 2 N–H and O–H groups in total. The van der Waals surface area contributed by atoms with E-state index < -0.39 is 5.91 Å². The first-order valence-electron chi connectivity index (χ1n) is 11.3. The molecule has 0 radical (unpaired) electrons. The van der Waals surface area contributed by atoms with Gasteiger partial charge in [0, 0.05) is 11.5 Å². The average Bonchev–Trinajstić information content (AvgIpc) is 3.49. The molecule has 194 valence electrons. The minimum atomic E-state index is -0.400. The van der Waals surface area contributed by atoms with Gasteiger partial charge in [-0.15, -0.1) is 20.4 Å². The van der Waals surface area contributed by atoms with E-state index in [1.807, 2.05) is 34.6 Å². The molecule has 3 rings (SSSR count). The van der Waals surface area contributed by atoms with Crippen LogP contribution in [0.1, 0.15) is 55.9 Å². The highest BCUT2D eigenvalue weighted by molar-refractivity contribution is 8.01. The third kappa shape index (κ3) is 7.51. The quantitative estimate of drug-likeness (QED) is 0.227. The van der Waals surface area contributed by atoms with Crippen LogP contribution in [0.3, 0.4) is 0 Å². The van der Waals surface area contributed by atoms with E-state index in [9.17, 15) is 9.59 Å². The number of nitrogens with one attached hydrogen (secondary N) is 2. The number of amides is 2. The lowest BCUT2D eigenvalue weighted by molar-refractivity contribution is -0.113. The molecule has 0 saturated heterocycles. The van der Waals surface area contributed by atoms with Crippen LogP contribution in [0.4, 0.5) is 10.3 Å². The van der Waals surface area contributed by atoms with Crippen LogP contribution in [-0.4, -0.2) is 57.8 Å². The molecule has 3 aromatic rings. The SMILES string of the molecule is CCOc1cc(C(=O)Nc2nnc(SCC(=O)Nc3nnc(C(C)C)s3)s2)cc(OCC)c1OCC. The third-order valence-corrected chi connectivity index (χ3v) is 7.42. The number of anilines is 2. The summed E-state index contributed by atoms with van der Waals surface area (Å²) in [4.78, 5) is 25.2. The van der Waals surface area contributed by atoms with Crippen molar-refractivity contribution in [2.24, 2.45) is 0 Å². The van der Waals surface area contributed by atoms with Crippen molar-refractivity contribution in [3.8, 4) is 17.2 Å². The second kappa shape index (κ2) is 13.4. The van der Waals surface area contributed by atoms with Gasteiger partial charge in [0.2, 0.25) is 21.9 Å². The zero-order valence-corrected chi connectivity index (χ0v) is 23.1. The molecule has 0 bridgehead atoms. The molecule has 11 nitrogen and oxygen atoms in total. The number of ether oxygens (including phenoxy) is 3. The Kier molecular flexibility index (Phi) is 10.3. The first kappa shape index (κ1) is 27.6. The number of aromatic nitrogens is 4. The molecule has 0 saturated carbocycles. The molecule has 1 aromatic carbocycles. The number of hydrogen-bond acceptors (Lipinski definition) is 12. The molecular formula is C22H28N6O5S3. The first-order chi connectivity index (χ1) is 17.3. The van der Waals surface area contributed by atoms with E-state index in [0.29, 0.717) is 57.2 Å². The van der Waals surface area contributed by atoms with Gasteiger partial charge in [0.25, 0.3) is 5.91 Å². The fourth-order valence-electron chi connectivity index (χ4n) is 2.81. The predicted octanol–water partition coefficient (Wildman–Crippen LogP) is 4.69. The second-order valence-corrected chi connectivity index (χ2v) is 10.6. The number of nitrogens with zero attached hydrogens (tertiary/aromatic N) is 4. The Morgan fingerprint density at radius 2 is 1.50 bits per heavy atom. The fourth-order valence-corrected chi connectivity index (χ4v) is 5.12. The summed E-state index contributed by atoms with van der Waals surface area (Å²) in [6.45, 7) is 10.8. The number of thioether (sulfide) groups is 1. The van der Waals surface area contributed by atoms with Crippen molar-refractivity contribution in [1.29, 1.82) is 0 Å². The summed E-state index contributed by atoms with van der Waals surface area (Å²) in [6.07, 6.45) is 0. The molecule has 14 heteroatoms. The number of carbonyl (C=O) groups is 2. The highest BCUT2D eigenvalue weighted by atomic mass is 32.2. The Morgan fingerprint density at radius 1 is 0.889 bits per heavy atom. The van der Waals surface area contributed by atoms with Crippen LogP contribution in [-0.2, 0) is 4.79 Å². The van der Waals surface area contributed by atoms with Gasteiger partial charge < -0.3 is 14.2 Å². The van der Waals surface area contributed by atoms with Crippen molar-refractivity contribution in [3.63, 3.8) is 0 Å². The van der Waals surface area contributed by atoms with Crippen molar-refractivity contribution in [2.75, 3.05) is 36.2 Å². The van der Waals surface area contributed by atoms with Gasteiger partial charge in [-0.05, 0) is 32.9 Å². The molecule has 2 amide bonds. The topological polar surface area (TPSA) is 137 Å². The number of hydrogen-bond donors (Lipinski definition) is 2. The molecule has 0 unspecified atom stereocenters. The fraction of sp³-hybridized carbons (Fsp3) is 0.455. The first-order valence-corrected chi connectivity index (χ1v) is 13.9. The summed E-state index contributed by atoms with van der Waals surface area (Å²) < 4.78 is 17.6. The van der Waals surface area contributed by atoms with E-state index in [-0.39, 0.29) is 17.6 Å². The Labute approximate surface area is 221 Å². The van der Waals surface area contributed by atoms with Crippen molar-refractivity contribution >= 4 is 56.5 Å². The lowest BCUT2D eigenvalue weighted by atomic mass is 10.1. The third-order valence-electron chi connectivity index (χ3n) is 4.31. The number of rotatable bonds is 13. The van der Waals surface area contributed by atoms with Crippen molar-refractivity contribution in [2.45, 2.75) is 44.9 Å². The Balaban J connectivity index is 1.62. The van der Waals surface area contributed by atoms with E-state index in [4.69, 9.17) is 14.2 Å². The molecule has 2 aromatic heterocycles. The highest BCUT2D eigenvalue weighted by Gasteiger charge is 2.20. The normalized spacial score (nSPS) is 10.8. The van der Waals surface area contributed by atoms with Crippen molar-refractivity contribution < 1.29 is 23.8 Å². The van der Waals surface area contributed by atoms with E-state index in [1.165, 1.54) is 34.4 Å². The van der Waals surface area contributed by atoms with E-state index in [1.54, 1.807) is 12.1 Å². The smallest absolute Gasteiger partial charge is 0.257 e. The molecule has 0 spiro atoms. The zero-order chi connectivity index (χ0) is 26.1. The molecule has 2 heterocycles. The van der Waals surface area contributed by atoms with Crippen LogP contribution in [0.25, 0.3) is 0 Å². The van der Waals surface area contributed by atoms with Crippen LogP contribution >= 0.6 is 34.4 Å². The van der Waals surface area contributed by atoms with Gasteiger partial charge in [0.05, 0.1) is 25.6 Å². The molecule has 0 atom stereocenters. The highest BCUT2D eigenvalue weighted by Crippen LogP contribution is 2.39. The maximum atomic E-state index is 12.9. The average molecular weight is 553 g/mol. The largest absolute Gasteiger partial charge is 0.490 e. The van der Waals surface area contributed by atoms with Gasteiger partial charge >= 0.3 is 0 Å². The van der Waals surface area contributed by atoms with Gasteiger partial charge in [0.15, 0.2) is 15.8 Å². The predicted molar refractivity (Wildman–Crippen MR) is 141 cm³/mol. The summed E-state index contributed by atoms with van der Waals surface area (Å²) in [5.74, 6) is 1.04. The molecule has 0 aliphatic rings. The maximum Gasteiger partial charge on any atom is 0.257 e. The zero-order valence-electron chi connectivity index (χ0n) is 20.6. The molecule has 0 aliphatic heterocycles. The molecule has 0 aliphatic carbocycles. The van der Waals surface area contributed by atoms with Crippen molar-refractivity contribution in [1.82, 2.24) is 20.4 Å². The monoisotopic (exact) mass is 552 g/mol. The van der Waals surface area contributed by atoms with Gasteiger partial charge in [-0.3, -0.25) is 20.2 Å². The van der Waals surface area contributed by atoms with Gasteiger partial charge in [-0.25, -0.2) is 0 Å². The van der Waals surface area contributed by atoms with Gasteiger partial charge in [-0.1, -0.05) is 48.3 Å². The Bertz CT molecular complexity index is 1160. The van der Waals surface area contributed by atoms with Crippen LogP contribution < -0.4 is 24.8 Å². The van der Waals surface area contributed by atoms with Crippen LogP contribution in [0.2, 0.25) is 0 Å². The van der Waals surface area contributed by atoms with E-state index >= 15 is 0 Å². The van der Waals surface area contributed by atoms with Gasteiger partial charge in [-0.2, -0.15) is 0 Å². The number of carbonyl (C=O) groups excluding carboxylic acids is 2. The maximum absolute atomic E-state index is 12.9. The molecular weight excluding hydrogens is 524 g/mol. The summed E-state index contributed by atoms with van der Waals surface area (Å²) in [5.41, 5.74) is 0.326.